The molecular weight excluding hydrogens is 1120 g/mol. The molecule has 8 aromatic rings. The van der Waals surface area contributed by atoms with Gasteiger partial charge >= 0.3 is 37.9 Å². The topological polar surface area (TPSA) is 0 Å². The van der Waals surface area contributed by atoms with E-state index in [0.29, 0.717) is 0 Å². The van der Waals surface area contributed by atoms with E-state index in [4.69, 9.17) is 17.0 Å². The Morgan fingerprint density at radius 1 is 0.487 bits per heavy atom. The van der Waals surface area contributed by atoms with Gasteiger partial charge in [-0.15, -0.1) is 74.6 Å². The number of aryl methyl sites for hydroxylation is 2. The summed E-state index contributed by atoms with van der Waals surface area (Å²) in [4.78, 5) is 0. The summed E-state index contributed by atoms with van der Waals surface area (Å²) in [5.74, 6) is 0. The molecule has 9 rings (SSSR count). The smallest absolute Gasteiger partial charge is 0.0920 e. The summed E-state index contributed by atoms with van der Waals surface area (Å²) < 4.78 is 0. The maximum atomic E-state index is 4.93. The molecular formula is C68H89Cl2Si5Zr-3. The monoisotopic (exact) mass is 1210 g/mol. The average Bonchev–Trinajstić information content (AvgIpc) is 4.07. The van der Waals surface area contributed by atoms with Gasteiger partial charge in [-0.25, -0.2) is 0 Å². The van der Waals surface area contributed by atoms with Crippen molar-refractivity contribution in [3.8, 4) is 33.4 Å². The first-order valence-electron chi connectivity index (χ1n) is 27.9. The number of hydrogen-bond donors (Lipinski definition) is 0. The number of halogens is 2. The predicted molar refractivity (Wildman–Crippen MR) is 355 cm³/mol. The van der Waals surface area contributed by atoms with Gasteiger partial charge in [-0.1, -0.05) is 261 Å². The fraction of sp³-hybridized carbons (Fsp3) is 0.382. The fourth-order valence-corrected chi connectivity index (χ4v) is 16.5. The number of rotatable bonds is 10. The first-order chi connectivity index (χ1) is 35.3. The van der Waals surface area contributed by atoms with Crippen molar-refractivity contribution in [1.82, 2.24) is 0 Å². The van der Waals surface area contributed by atoms with E-state index in [0.717, 1.165) is 22.4 Å². The molecule has 0 N–H and O–H groups in total. The molecule has 1 aliphatic heterocycles. The Hall–Kier alpha value is -2.91. The fourth-order valence-electron chi connectivity index (χ4n) is 10.2. The summed E-state index contributed by atoms with van der Waals surface area (Å²) in [6.45, 7) is 48.3. The summed E-state index contributed by atoms with van der Waals surface area (Å²) in [6.07, 6.45) is 4.64. The van der Waals surface area contributed by atoms with Crippen LogP contribution in [0.3, 0.4) is 0 Å². The van der Waals surface area contributed by atoms with Gasteiger partial charge in [-0.05, 0) is 34.8 Å². The molecule has 8 aromatic carbocycles. The molecule has 0 bridgehead atoms. The first-order valence-corrected chi connectivity index (χ1v) is 49.2. The summed E-state index contributed by atoms with van der Waals surface area (Å²) >= 11 is -0.826. The van der Waals surface area contributed by atoms with Crippen molar-refractivity contribution in [2.45, 2.75) is 170 Å². The van der Waals surface area contributed by atoms with Crippen LogP contribution in [0, 0.1) is 6.07 Å². The van der Waals surface area contributed by atoms with Gasteiger partial charge in [-0.2, -0.15) is 41.6 Å². The molecule has 0 unspecified atom stereocenters. The second-order valence-electron chi connectivity index (χ2n) is 27.5. The van der Waals surface area contributed by atoms with E-state index in [1.165, 1.54) is 100 Å². The molecule has 0 amide bonds. The first kappa shape index (κ1) is 62.3. The van der Waals surface area contributed by atoms with Gasteiger partial charge in [0.25, 0.3) is 0 Å². The quantitative estimate of drug-likeness (QED) is 0.0946. The Bertz CT molecular complexity index is 2980. The van der Waals surface area contributed by atoms with Crippen LogP contribution in [-0.4, -0.2) is 41.8 Å². The van der Waals surface area contributed by atoms with Crippen molar-refractivity contribution in [2.75, 3.05) is 0 Å². The second-order valence-corrected chi connectivity index (χ2v) is 52.8. The summed E-state index contributed by atoms with van der Waals surface area (Å²) in [7, 11) is 5.01. The second kappa shape index (κ2) is 24.8. The van der Waals surface area contributed by atoms with Crippen LogP contribution in [0.15, 0.2) is 127 Å². The Labute approximate surface area is 487 Å². The third-order valence-corrected chi connectivity index (χ3v) is 24.4. The van der Waals surface area contributed by atoms with Gasteiger partial charge in [-0.3, -0.25) is 0 Å². The van der Waals surface area contributed by atoms with Gasteiger partial charge < -0.3 is 0 Å². The molecule has 0 fully saturated rings. The van der Waals surface area contributed by atoms with E-state index in [-0.39, 0.29) is 10.8 Å². The van der Waals surface area contributed by atoms with Crippen molar-refractivity contribution in [3.63, 3.8) is 0 Å². The Morgan fingerprint density at radius 3 is 1.21 bits per heavy atom. The summed E-state index contributed by atoms with van der Waals surface area (Å²) in [5.41, 5.74) is 14.9. The number of hydrogen-bond acceptors (Lipinski definition) is 0. The van der Waals surface area contributed by atoms with Gasteiger partial charge in [0.05, 0.1) is 41.8 Å². The number of fused-ring (bicyclic) bond motifs is 5. The zero-order valence-corrected chi connectivity index (χ0v) is 59.2. The zero-order valence-electron chi connectivity index (χ0n) is 50.2. The van der Waals surface area contributed by atoms with Crippen molar-refractivity contribution in [3.05, 3.63) is 156 Å². The zero-order chi connectivity index (χ0) is 56.3. The SMILES string of the molecule is CCCc1ccc2[cH-]c(C(C)(C)C)cc2c1-c1cc([Si](C)(C)C)cc([Si](C)(C)C)c1.CCCc1ccc2[cH-]c(C(C)(C)C)cc2c1-c1cc([Si](C)(C)C)cc([Si](C)(C)C)c1.[Cl][Zr][Cl].[c-]1cccc2c1[Si]c1ccccc1-2. The van der Waals surface area contributed by atoms with Crippen molar-refractivity contribution in [1.29, 1.82) is 0 Å². The Morgan fingerprint density at radius 2 is 0.855 bits per heavy atom. The summed E-state index contributed by atoms with van der Waals surface area (Å²) in [5, 5.41) is 14.9. The minimum absolute atomic E-state index is 0.171. The van der Waals surface area contributed by atoms with Crippen molar-refractivity contribution < 1.29 is 20.8 Å². The molecule has 1 heterocycles. The Balaban J connectivity index is 0.000000192. The molecule has 0 aliphatic carbocycles. The molecule has 402 valence electrons. The molecule has 0 spiro atoms. The molecule has 0 nitrogen and oxygen atoms in total. The van der Waals surface area contributed by atoms with E-state index in [2.05, 4.69) is 261 Å². The Kier molecular flexibility index (Phi) is 20.4. The normalized spacial score (nSPS) is 12.8. The van der Waals surface area contributed by atoms with Crippen LogP contribution >= 0.6 is 17.0 Å². The van der Waals surface area contributed by atoms with Crippen LogP contribution in [0.25, 0.3) is 54.9 Å². The van der Waals surface area contributed by atoms with E-state index >= 15 is 0 Å². The van der Waals surface area contributed by atoms with Crippen LogP contribution in [-0.2, 0) is 44.5 Å². The third kappa shape index (κ3) is 15.3. The van der Waals surface area contributed by atoms with Crippen LogP contribution in [0.2, 0.25) is 78.6 Å². The maximum Gasteiger partial charge on any atom is 0.0920 e. The molecule has 8 heteroatoms. The number of benzene rings is 6. The largest absolute Gasteiger partial charge is 0.184 e. The van der Waals surface area contributed by atoms with E-state index in [1.807, 2.05) is 6.07 Å². The molecule has 0 saturated carbocycles. The van der Waals surface area contributed by atoms with Gasteiger partial charge in [0.2, 0.25) is 0 Å². The van der Waals surface area contributed by atoms with Crippen LogP contribution in [0.5, 0.6) is 0 Å². The molecule has 0 aromatic heterocycles. The van der Waals surface area contributed by atoms with Crippen molar-refractivity contribution in [2.24, 2.45) is 0 Å². The van der Waals surface area contributed by atoms with Crippen LogP contribution in [0.4, 0.5) is 0 Å². The minimum atomic E-state index is -1.41. The molecule has 0 saturated heterocycles. The third-order valence-electron chi connectivity index (χ3n) is 15.0. The van der Waals surface area contributed by atoms with Crippen LogP contribution < -0.4 is 31.1 Å². The van der Waals surface area contributed by atoms with E-state index in [9.17, 15) is 0 Å². The predicted octanol–water partition coefficient (Wildman–Crippen LogP) is 17.6. The van der Waals surface area contributed by atoms with E-state index in [1.54, 1.807) is 20.7 Å². The van der Waals surface area contributed by atoms with Gasteiger partial charge in [0.15, 0.2) is 0 Å². The van der Waals surface area contributed by atoms with Crippen LogP contribution in [0.1, 0.15) is 90.5 Å². The van der Waals surface area contributed by atoms with Gasteiger partial charge in [0.1, 0.15) is 0 Å². The van der Waals surface area contributed by atoms with Gasteiger partial charge in [0, 0.05) is 0 Å². The average molecular weight is 1210 g/mol. The molecule has 76 heavy (non-hydrogen) atoms. The summed E-state index contributed by atoms with van der Waals surface area (Å²) in [6, 6.07) is 52.7. The molecule has 0 atom stereocenters. The van der Waals surface area contributed by atoms with E-state index < -0.39 is 53.1 Å². The minimum Gasteiger partial charge on any atom is -0.184 e. The van der Waals surface area contributed by atoms with Crippen molar-refractivity contribution >= 4 is 112 Å². The standard InChI is InChI=1S/2C28H41Si2.C12H7Si.2ClH.Zr/c2*1-11-12-20-13-14-21-15-23(28(2,3)4)18-26(21)27(20)22-16-24(29(5,6)7)19-25(17-22)30(8,9)10;1-3-7-11-9(5-1)10-6-2-4-8-12(10)13-11;;;/h2*13-19H,11-12H2,1-10H3;1-7H;2*1H;/q3*-1;;;+2/p-2. The maximum absolute atomic E-state index is 4.93. The molecule has 1 aliphatic rings. The molecule has 2 radical (unpaired) electrons.